The quantitative estimate of drug-likeness (QED) is 0.812. The molecule has 0 unspecified atom stereocenters. The van der Waals surface area contributed by atoms with Crippen LogP contribution in [-0.2, 0) is 4.79 Å². The molecule has 3 rings (SSSR count). The Morgan fingerprint density at radius 1 is 1.21 bits per heavy atom. The molecule has 0 spiro atoms. The van der Waals surface area contributed by atoms with Crippen molar-refractivity contribution in [3.63, 3.8) is 0 Å². The molecule has 0 bridgehead atoms. The number of ether oxygens (including phenoxy) is 1. The Morgan fingerprint density at radius 2 is 1.92 bits per heavy atom. The maximum absolute atomic E-state index is 12.4. The molecule has 130 valence electrons. The zero-order valence-electron chi connectivity index (χ0n) is 13.5. The van der Waals surface area contributed by atoms with E-state index in [0.29, 0.717) is 5.56 Å². The molecule has 0 radical (unpaired) electrons. The predicted molar refractivity (Wildman–Crippen MR) is 87.9 cm³/mol. The normalized spacial score (nSPS) is 19.8. The maximum Gasteiger partial charge on any atom is 0.387 e. The van der Waals surface area contributed by atoms with Gasteiger partial charge < -0.3 is 15.0 Å². The second kappa shape index (κ2) is 7.75. The summed E-state index contributed by atoms with van der Waals surface area (Å²) >= 11 is 0. The second-order valence-electron chi connectivity index (χ2n) is 6.30. The monoisotopic (exact) mass is 336 g/mol. The first-order valence-corrected chi connectivity index (χ1v) is 8.38. The second-order valence-corrected chi connectivity index (χ2v) is 6.30. The lowest BCUT2D eigenvalue weighted by molar-refractivity contribution is -0.117. The van der Waals surface area contributed by atoms with Crippen LogP contribution in [0.2, 0.25) is 0 Å². The van der Waals surface area contributed by atoms with Crippen molar-refractivity contribution in [2.75, 3.05) is 13.1 Å². The number of carbonyl (C=O) groups excluding carboxylic acids is 1. The van der Waals surface area contributed by atoms with Crippen LogP contribution in [0.15, 0.2) is 30.3 Å². The Morgan fingerprint density at radius 3 is 2.58 bits per heavy atom. The van der Waals surface area contributed by atoms with Gasteiger partial charge in [0.25, 0.3) is 0 Å². The number of likely N-dealkylation sites (tertiary alicyclic amines) is 1. The number of rotatable bonds is 6. The van der Waals surface area contributed by atoms with Crippen LogP contribution in [-0.4, -0.2) is 42.6 Å². The van der Waals surface area contributed by atoms with E-state index in [9.17, 15) is 13.6 Å². The number of benzene rings is 1. The lowest BCUT2D eigenvalue weighted by Gasteiger charge is -2.32. The minimum Gasteiger partial charge on any atom is -0.434 e. The third-order valence-electron chi connectivity index (χ3n) is 4.49. The molecule has 1 saturated carbocycles. The van der Waals surface area contributed by atoms with Gasteiger partial charge in [-0.25, -0.2) is 0 Å². The van der Waals surface area contributed by atoms with Gasteiger partial charge in [0.2, 0.25) is 5.91 Å². The number of hydrogen-bond donors (Lipinski definition) is 1. The van der Waals surface area contributed by atoms with Gasteiger partial charge >= 0.3 is 6.61 Å². The lowest BCUT2D eigenvalue weighted by atomic mass is 10.0. The van der Waals surface area contributed by atoms with Crippen molar-refractivity contribution in [1.29, 1.82) is 0 Å². The molecular weight excluding hydrogens is 314 g/mol. The highest BCUT2D eigenvalue weighted by atomic mass is 19.3. The number of piperidine rings is 1. The van der Waals surface area contributed by atoms with Crippen molar-refractivity contribution in [3.8, 4) is 5.75 Å². The fourth-order valence-electron chi connectivity index (χ4n) is 3.08. The maximum atomic E-state index is 12.4. The summed E-state index contributed by atoms with van der Waals surface area (Å²) in [4.78, 5) is 14.5. The molecule has 1 aliphatic heterocycles. The Hall–Kier alpha value is -1.95. The van der Waals surface area contributed by atoms with Gasteiger partial charge in [0, 0.05) is 36.8 Å². The van der Waals surface area contributed by atoms with Crippen LogP contribution >= 0.6 is 0 Å². The third kappa shape index (κ3) is 4.77. The molecule has 1 aliphatic carbocycles. The van der Waals surface area contributed by atoms with Crippen molar-refractivity contribution in [1.82, 2.24) is 10.2 Å². The third-order valence-corrected chi connectivity index (χ3v) is 4.49. The summed E-state index contributed by atoms with van der Waals surface area (Å²) in [5, 5.41) is 2.99. The summed E-state index contributed by atoms with van der Waals surface area (Å²) < 4.78 is 29.2. The van der Waals surface area contributed by atoms with Crippen LogP contribution in [0.4, 0.5) is 8.78 Å². The first-order chi connectivity index (χ1) is 11.6. The summed E-state index contributed by atoms with van der Waals surface area (Å²) in [6, 6.07) is 7.37. The summed E-state index contributed by atoms with van der Waals surface area (Å²) in [7, 11) is 0. The van der Waals surface area contributed by atoms with Crippen LogP contribution in [0.1, 0.15) is 31.2 Å². The van der Waals surface area contributed by atoms with E-state index in [2.05, 4.69) is 15.0 Å². The van der Waals surface area contributed by atoms with Crippen molar-refractivity contribution < 1.29 is 18.3 Å². The first kappa shape index (κ1) is 16.9. The molecule has 4 nitrogen and oxygen atoms in total. The number of nitrogens with zero attached hydrogens (tertiary/aromatic N) is 1. The van der Waals surface area contributed by atoms with Gasteiger partial charge in [0.1, 0.15) is 5.75 Å². The molecule has 1 aromatic rings. The number of para-hydroxylation sites is 1. The van der Waals surface area contributed by atoms with Gasteiger partial charge in [-0.3, -0.25) is 4.79 Å². The fraction of sp³-hybridized carbons (Fsp3) is 0.500. The highest BCUT2D eigenvalue weighted by Crippen LogP contribution is 2.29. The average Bonchev–Trinajstić information content (AvgIpc) is 3.39. The zero-order valence-corrected chi connectivity index (χ0v) is 13.5. The van der Waals surface area contributed by atoms with E-state index >= 15 is 0 Å². The Bertz CT molecular complexity index is 594. The van der Waals surface area contributed by atoms with Crippen LogP contribution in [0.5, 0.6) is 5.75 Å². The molecule has 1 saturated heterocycles. The molecule has 24 heavy (non-hydrogen) atoms. The number of amides is 1. The van der Waals surface area contributed by atoms with Gasteiger partial charge in [0.15, 0.2) is 0 Å². The van der Waals surface area contributed by atoms with Crippen LogP contribution < -0.4 is 10.1 Å². The lowest BCUT2D eigenvalue weighted by Crippen LogP contribution is -2.44. The van der Waals surface area contributed by atoms with E-state index in [0.717, 1.165) is 32.0 Å². The summed E-state index contributed by atoms with van der Waals surface area (Å²) in [5.74, 6) is -0.138. The molecule has 2 fully saturated rings. The number of halogens is 2. The molecule has 0 atom stereocenters. The largest absolute Gasteiger partial charge is 0.434 e. The summed E-state index contributed by atoms with van der Waals surface area (Å²) in [5.41, 5.74) is 0.455. The molecular formula is C18H22F2N2O2. The van der Waals surface area contributed by atoms with Crippen molar-refractivity contribution in [3.05, 3.63) is 35.9 Å². The van der Waals surface area contributed by atoms with Gasteiger partial charge in [-0.1, -0.05) is 18.2 Å². The molecule has 0 aromatic heterocycles. The van der Waals surface area contributed by atoms with E-state index in [1.54, 1.807) is 18.2 Å². The standard InChI is InChI=1S/C18H22F2N2O2/c19-18(20)24-16-4-2-1-3-13(16)5-8-17(23)21-14-9-11-22(12-10-14)15-6-7-15/h1-5,8,14-15,18H,6-7,9-12H2,(H,21,23)/b8-5+. The molecule has 1 N–H and O–H groups in total. The Balaban J connectivity index is 1.50. The van der Waals surface area contributed by atoms with Crippen molar-refractivity contribution in [2.24, 2.45) is 0 Å². The highest BCUT2D eigenvalue weighted by molar-refractivity contribution is 5.92. The van der Waals surface area contributed by atoms with E-state index in [4.69, 9.17) is 0 Å². The van der Waals surface area contributed by atoms with E-state index in [1.165, 1.54) is 31.1 Å². The van der Waals surface area contributed by atoms with E-state index in [1.807, 2.05) is 0 Å². The molecule has 1 amide bonds. The summed E-state index contributed by atoms with van der Waals surface area (Å²) in [6.45, 7) is -0.820. The van der Waals surface area contributed by atoms with Gasteiger partial charge in [-0.2, -0.15) is 8.78 Å². The summed E-state index contributed by atoms with van der Waals surface area (Å²) in [6.07, 6.45) is 7.41. The number of alkyl halides is 2. The molecule has 6 heteroatoms. The Labute approximate surface area is 140 Å². The van der Waals surface area contributed by atoms with Gasteiger partial charge in [-0.05, 0) is 37.8 Å². The minimum atomic E-state index is -2.88. The predicted octanol–water partition coefficient (Wildman–Crippen LogP) is 3.04. The first-order valence-electron chi connectivity index (χ1n) is 8.38. The average molecular weight is 336 g/mol. The van der Waals surface area contributed by atoms with Crippen LogP contribution in [0.3, 0.4) is 0 Å². The van der Waals surface area contributed by atoms with Crippen LogP contribution in [0.25, 0.3) is 6.08 Å². The SMILES string of the molecule is O=C(/C=C/c1ccccc1OC(F)F)NC1CCN(C2CC2)CC1. The number of hydrogen-bond acceptors (Lipinski definition) is 3. The van der Waals surface area contributed by atoms with Gasteiger partial charge in [-0.15, -0.1) is 0 Å². The van der Waals surface area contributed by atoms with E-state index < -0.39 is 6.61 Å². The smallest absolute Gasteiger partial charge is 0.387 e. The highest BCUT2D eigenvalue weighted by Gasteiger charge is 2.31. The minimum absolute atomic E-state index is 0.0642. The zero-order chi connectivity index (χ0) is 16.9. The molecule has 1 heterocycles. The molecule has 1 aromatic carbocycles. The van der Waals surface area contributed by atoms with Gasteiger partial charge in [0.05, 0.1) is 0 Å². The molecule has 2 aliphatic rings. The van der Waals surface area contributed by atoms with Crippen molar-refractivity contribution in [2.45, 2.75) is 44.4 Å². The van der Waals surface area contributed by atoms with E-state index in [-0.39, 0.29) is 17.7 Å². The van der Waals surface area contributed by atoms with Crippen molar-refractivity contribution >= 4 is 12.0 Å². The Kier molecular flexibility index (Phi) is 5.45. The topological polar surface area (TPSA) is 41.6 Å². The number of nitrogens with one attached hydrogen (secondary N) is 1. The fourth-order valence-corrected chi connectivity index (χ4v) is 3.08. The number of carbonyl (C=O) groups is 1. The van der Waals surface area contributed by atoms with Crippen LogP contribution in [0, 0.1) is 0 Å².